The minimum atomic E-state index is -1.14. The van der Waals surface area contributed by atoms with E-state index in [0.717, 1.165) is 42.6 Å². The topological polar surface area (TPSA) is 72.1 Å². The van der Waals surface area contributed by atoms with Gasteiger partial charge >= 0.3 is 0 Å². The zero-order chi connectivity index (χ0) is 21.0. The van der Waals surface area contributed by atoms with Gasteiger partial charge in [0.15, 0.2) is 5.78 Å². The average molecular weight is 399 g/mol. The van der Waals surface area contributed by atoms with Crippen LogP contribution < -0.4 is 5.73 Å². The van der Waals surface area contributed by atoms with Gasteiger partial charge in [0.2, 0.25) is 0 Å². The highest BCUT2D eigenvalue weighted by atomic mass is 16.1. The van der Waals surface area contributed by atoms with Crippen LogP contribution in [-0.4, -0.2) is 45.8 Å². The second-order valence-corrected chi connectivity index (χ2v) is 7.76. The van der Waals surface area contributed by atoms with E-state index in [2.05, 4.69) is 16.5 Å². The highest BCUT2D eigenvalue weighted by Crippen LogP contribution is 2.26. The van der Waals surface area contributed by atoms with Crippen LogP contribution in [0.4, 0.5) is 0 Å². The Balaban J connectivity index is 1.78. The molecule has 1 atom stereocenters. The highest BCUT2D eigenvalue weighted by molar-refractivity contribution is 6.12. The van der Waals surface area contributed by atoms with Crippen molar-refractivity contribution >= 4 is 16.7 Å². The van der Waals surface area contributed by atoms with E-state index >= 15 is 0 Å². The molecule has 2 N–H and O–H groups in total. The van der Waals surface area contributed by atoms with Crippen molar-refractivity contribution in [3.8, 4) is 11.3 Å². The molecule has 30 heavy (non-hydrogen) atoms. The van der Waals surface area contributed by atoms with Gasteiger partial charge in [-0.3, -0.25) is 9.78 Å². The Morgan fingerprint density at radius 2 is 2.00 bits per heavy atom. The highest BCUT2D eigenvalue weighted by Gasteiger charge is 2.35. The molecule has 0 saturated carbocycles. The van der Waals surface area contributed by atoms with Crippen LogP contribution in [0.15, 0.2) is 79.7 Å². The molecular weight excluding hydrogens is 372 g/mol. The number of fused-ring (bicyclic) bond motifs is 1. The minimum Gasteiger partial charge on any atom is -0.314 e. The summed E-state index contributed by atoms with van der Waals surface area (Å²) in [5.41, 5.74) is 8.46. The molecule has 0 radical (unpaired) electrons. The maximum Gasteiger partial charge on any atom is 0.190 e. The number of aromatic nitrogens is 2. The summed E-state index contributed by atoms with van der Waals surface area (Å²) in [5.74, 6) is -0.131. The van der Waals surface area contributed by atoms with Gasteiger partial charge in [-0.15, -0.1) is 0 Å². The molecule has 5 heteroatoms. The van der Waals surface area contributed by atoms with E-state index in [-0.39, 0.29) is 5.78 Å². The van der Waals surface area contributed by atoms with E-state index < -0.39 is 5.54 Å². The number of Topliss-reactive ketones (excluding diaryl/α,β-unsaturated/α-hetero) is 1. The van der Waals surface area contributed by atoms with Crippen LogP contribution in [0.25, 0.3) is 22.2 Å². The average Bonchev–Trinajstić information content (AvgIpc) is 3.30. The first kappa shape index (κ1) is 20.1. The van der Waals surface area contributed by atoms with Crippen LogP contribution in [-0.2, 0) is 0 Å². The second-order valence-electron chi connectivity index (χ2n) is 7.76. The predicted octanol–water partition coefficient (Wildman–Crippen LogP) is 4.02. The van der Waals surface area contributed by atoms with Gasteiger partial charge in [0.25, 0.3) is 0 Å². The standard InChI is InChI=1S/C25H26N4O/c1-2-3-13-25(26,18-29-15-4-5-16-29)24(30)21-10-6-8-19-11-12-22(28-23(19)21)20-9-7-14-27-17-20/h2-3,6-14,17H,1,4-5,15-16,18,26H2/b13-3-. The molecule has 1 aromatic carbocycles. The van der Waals surface area contributed by atoms with E-state index in [1.165, 1.54) is 0 Å². The zero-order valence-corrected chi connectivity index (χ0v) is 17.0. The summed E-state index contributed by atoms with van der Waals surface area (Å²) < 4.78 is 0. The maximum absolute atomic E-state index is 13.7. The van der Waals surface area contributed by atoms with Crippen LogP contribution in [0.1, 0.15) is 23.2 Å². The van der Waals surface area contributed by atoms with Crippen molar-refractivity contribution in [2.75, 3.05) is 19.6 Å². The van der Waals surface area contributed by atoms with Gasteiger partial charge in [0, 0.05) is 35.5 Å². The van der Waals surface area contributed by atoms with Gasteiger partial charge in [-0.2, -0.15) is 0 Å². The van der Waals surface area contributed by atoms with Crippen LogP contribution in [0.5, 0.6) is 0 Å². The number of ketones is 1. The largest absolute Gasteiger partial charge is 0.314 e. The number of pyridine rings is 2. The van der Waals surface area contributed by atoms with Crippen LogP contribution in [0.3, 0.4) is 0 Å². The van der Waals surface area contributed by atoms with Crippen LogP contribution in [0.2, 0.25) is 0 Å². The lowest BCUT2D eigenvalue weighted by Gasteiger charge is -2.30. The van der Waals surface area contributed by atoms with Gasteiger partial charge in [-0.25, -0.2) is 4.98 Å². The van der Waals surface area contributed by atoms with E-state index in [0.29, 0.717) is 17.6 Å². The van der Waals surface area contributed by atoms with Gasteiger partial charge in [-0.05, 0) is 50.2 Å². The Morgan fingerprint density at radius 3 is 2.73 bits per heavy atom. The van der Waals surface area contributed by atoms with Gasteiger partial charge in [0.05, 0.1) is 11.2 Å². The first-order valence-electron chi connectivity index (χ1n) is 10.3. The van der Waals surface area contributed by atoms with Crippen LogP contribution in [0, 0.1) is 0 Å². The summed E-state index contributed by atoms with van der Waals surface area (Å²) in [7, 11) is 0. The monoisotopic (exact) mass is 398 g/mol. The summed E-state index contributed by atoms with van der Waals surface area (Å²) in [6, 6.07) is 13.4. The van der Waals surface area contributed by atoms with Gasteiger partial charge in [0.1, 0.15) is 5.54 Å². The lowest BCUT2D eigenvalue weighted by atomic mass is 9.87. The first-order chi connectivity index (χ1) is 14.6. The summed E-state index contributed by atoms with van der Waals surface area (Å²) in [4.78, 5) is 25.0. The van der Waals surface area contributed by atoms with Crippen molar-refractivity contribution in [2.24, 2.45) is 5.73 Å². The van der Waals surface area contributed by atoms with E-state index in [4.69, 9.17) is 10.7 Å². The zero-order valence-electron chi connectivity index (χ0n) is 17.0. The predicted molar refractivity (Wildman–Crippen MR) is 121 cm³/mol. The molecule has 1 aliphatic heterocycles. The molecule has 0 bridgehead atoms. The first-order valence-corrected chi connectivity index (χ1v) is 10.3. The fourth-order valence-electron chi connectivity index (χ4n) is 4.01. The van der Waals surface area contributed by atoms with Crippen molar-refractivity contribution < 1.29 is 4.79 Å². The number of nitrogens with two attached hydrogens (primary N) is 1. The number of hydrogen-bond donors (Lipinski definition) is 1. The third kappa shape index (κ3) is 4.08. The van der Waals surface area contributed by atoms with Gasteiger partial charge < -0.3 is 10.6 Å². The fourth-order valence-corrected chi connectivity index (χ4v) is 4.01. The van der Waals surface area contributed by atoms with Crippen molar-refractivity contribution in [3.05, 3.63) is 85.2 Å². The molecule has 0 amide bonds. The molecule has 0 aliphatic carbocycles. The Hall–Kier alpha value is -3.15. The normalized spacial score (nSPS) is 16.7. The lowest BCUT2D eigenvalue weighted by Crippen LogP contribution is -2.54. The number of carbonyl (C=O) groups excluding carboxylic acids is 1. The SMILES string of the molecule is C=C/C=C\C(N)(CN1CCCC1)C(=O)c1cccc2ccc(-c3cccnc3)nc12. The lowest BCUT2D eigenvalue weighted by molar-refractivity contribution is 0.0893. The van der Waals surface area contributed by atoms with Crippen molar-refractivity contribution in [3.63, 3.8) is 0 Å². The van der Waals surface area contributed by atoms with E-state index in [1.807, 2.05) is 42.5 Å². The number of allylic oxidation sites excluding steroid dienone is 2. The fraction of sp³-hybridized carbons (Fsp3) is 0.240. The number of nitrogens with zero attached hydrogens (tertiary/aromatic N) is 3. The third-order valence-electron chi connectivity index (χ3n) is 5.56. The number of carbonyl (C=O) groups is 1. The summed E-state index contributed by atoms with van der Waals surface area (Å²) in [6.45, 7) is 6.15. The van der Waals surface area contributed by atoms with Crippen molar-refractivity contribution in [1.29, 1.82) is 0 Å². The van der Waals surface area contributed by atoms with Crippen molar-refractivity contribution in [2.45, 2.75) is 18.4 Å². The second kappa shape index (κ2) is 8.69. The Labute approximate surface area is 177 Å². The molecule has 4 rings (SSSR count). The number of rotatable bonds is 7. The molecule has 152 valence electrons. The molecule has 5 nitrogen and oxygen atoms in total. The number of hydrogen-bond acceptors (Lipinski definition) is 5. The van der Waals surface area contributed by atoms with Crippen molar-refractivity contribution in [1.82, 2.24) is 14.9 Å². The summed E-state index contributed by atoms with van der Waals surface area (Å²) in [6.07, 6.45) is 11.0. The number of benzene rings is 1. The molecule has 3 aromatic rings. The van der Waals surface area contributed by atoms with E-state index in [1.54, 1.807) is 30.6 Å². The molecular formula is C25H26N4O. The van der Waals surface area contributed by atoms with Crippen LogP contribution >= 0.6 is 0 Å². The van der Waals surface area contributed by atoms with E-state index in [9.17, 15) is 4.79 Å². The summed E-state index contributed by atoms with van der Waals surface area (Å²) in [5, 5.41) is 0.907. The Bertz CT molecular complexity index is 1090. The molecule has 3 heterocycles. The molecule has 1 saturated heterocycles. The maximum atomic E-state index is 13.7. The van der Waals surface area contributed by atoms with Gasteiger partial charge in [-0.1, -0.05) is 43.0 Å². The number of likely N-dealkylation sites (tertiary alicyclic amines) is 1. The molecule has 1 fully saturated rings. The quantitative estimate of drug-likeness (QED) is 0.481. The third-order valence-corrected chi connectivity index (χ3v) is 5.56. The number of para-hydroxylation sites is 1. The Morgan fingerprint density at radius 1 is 1.17 bits per heavy atom. The summed E-state index contributed by atoms with van der Waals surface area (Å²) >= 11 is 0. The molecule has 2 aromatic heterocycles. The smallest absolute Gasteiger partial charge is 0.190 e. The molecule has 0 spiro atoms. The molecule has 1 aliphatic rings. The Kier molecular flexibility index (Phi) is 5.84. The molecule has 1 unspecified atom stereocenters. The minimum absolute atomic E-state index is 0.131.